The van der Waals surface area contributed by atoms with E-state index in [2.05, 4.69) is 81.4 Å². The zero-order chi connectivity index (χ0) is 12.3. The van der Waals surface area contributed by atoms with Crippen molar-refractivity contribution < 1.29 is 5.48 Å². The Bertz CT molecular complexity index is 420. The third-order valence-electron chi connectivity index (χ3n) is 2.87. The van der Waals surface area contributed by atoms with E-state index < -0.39 is 19.8 Å². The van der Waals surface area contributed by atoms with E-state index in [0.717, 1.165) is 0 Å². The molecule has 2 rings (SSSR count). The monoisotopic (exact) mass is 349 g/mol. The van der Waals surface area contributed by atoms with Gasteiger partial charge in [0.2, 0.25) is 0 Å². The van der Waals surface area contributed by atoms with Crippen molar-refractivity contribution in [3.63, 3.8) is 0 Å². The molecule has 2 aromatic carbocycles. The normalized spacial score (nSPS) is 11.1. The van der Waals surface area contributed by atoms with Gasteiger partial charge in [0.15, 0.2) is 0 Å². The van der Waals surface area contributed by atoms with Crippen molar-refractivity contribution in [3.05, 3.63) is 60.7 Å². The van der Waals surface area contributed by atoms with Gasteiger partial charge in [-0.15, -0.1) is 0 Å². The molecule has 0 heterocycles. The van der Waals surface area contributed by atoms with Gasteiger partial charge in [0.05, 0.1) is 0 Å². The molecule has 18 heavy (non-hydrogen) atoms. The zero-order valence-corrected chi connectivity index (χ0v) is 14.1. The predicted molar refractivity (Wildman–Crippen MR) is 81.2 cm³/mol. The largest absolute Gasteiger partial charge is 0.412 e. The van der Waals surface area contributed by atoms with E-state index in [4.69, 9.17) is 0 Å². The van der Waals surface area contributed by atoms with Crippen LogP contribution in [0, 0.1) is 0 Å². The third-order valence-corrected chi connectivity index (χ3v) is 12.4. The first-order valence-corrected chi connectivity index (χ1v) is 10.4. The van der Waals surface area contributed by atoms with E-state index in [1.54, 1.807) is 7.16 Å². The summed E-state index contributed by atoms with van der Waals surface area (Å²) >= 11 is -1.80. The second kappa shape index (κ2) is 6.39. The fraction of sp³-hybridized carbons (Fsp3) is 0.250. The molecule has 2 heteroatoms. The van der Waals surface area contributed by atoms with Gasteiger partial charge in [-0.1, -0.05) is 0 Å². The minimum absolute atomic E-state index is 0. The Kier molecular flexibility index (Phi) is 5.42. The Labute approximate surface area is 117 Å². The fourth-order valence-electron chi connectivity index (χ4n) is 2.24. The minimum atomic E-state index is -1.80. The van der Waals surface area contributed by atoms with Gasteiger partial charge in [-0.05, 0) is 0 Å². The summed E-state index contributed by atoms with van der Waals surface area (Å²) in [6.45, 7) is 7.17. The van der Waals surface area contributed by atoms with Crippen molar-refractivity contribution in [2.75, 3.05) is 0 Å². The molecule has 0 aromatic heterocycles. The molecule has 0 aliphatic heterocycles. The van der Waals surface area contributed by atoms with Crippen LogP contribution in [-0.4, -0.2) is 25.2 Å². The molecule has 95 valence electrons. The molecule has 0 aliphatic carbocycles. The van der Waals surface area contributed by atoms with Crippen LogP contribution in [0.4, 0.5) is 0 Å². The van der Waals surface area contributed by atoms with Crippen LogP contribution in [0.2, 0.25) is 3.43 Å². The molecular formula is C16H21OSn. The van der Waals surface area contributed by atoms with Gasteiger partial charge in [-0.2, -0.15) is 0 Å². The van der Waals surface area contributed by atoms with Crippen molar-refractivity contribution in [2.45, 2.75) is 24.2 Å². The molecule has 0 saturated carbocycles. The van der Waals surface area contributed by atoms with E-state index in [0.29, 0.717) is 3.43 Å². The standard InChI is InChI=1S/2C6H5.C4H9.H2O.Sn/c2*1-2-4-6-5-3-1;1-4(2)3;;/h2*1-5H;1-3H3;1H2;. The first-order chi connectivity index (χ1) is 8.09. The Balaban J connectivity index is 0.00000162. The van der Waals surface area contributed by atoms with Crippen LogP contribution in [0.15, 0.2) is 60.7 Å². The molecule has 0 saturated heterocycles. The van der Waals surface area contributed by atoms with Gasteiger partial charge < -0.3 is 5.48 Å². The van der Waals surface area contributed by atoms with Crippen LogP contribution in [0.25, 0.3) is 0 Å². The summed E-state index contributed by atoms with van der Waals surface area (Å²) in [6, 6.07) is 22.2. The summed E-state index contributed by atoms with van der Waals surface area (Å²) in [5.74, 6) is 0. The first-order valence-electron chi connectivity index (χ1n) is 6.07. The summed E-state index contributed by atoms with van der Waals surface area (Å²) in [7, 11) is 0. The summed E-state index contributed by atoms with van der Waals surface area (Å²) in [5.41, 5.74) is 0. The molecule has 0 spiro atoms. The SMILES string of the molecule is C[C](C)(C)[Sn]([c]1ccccc1)[c]1ccccc1.O. The number of rotatable bonds is 2. The number of hydrogen-bond acceptors (Lipinski definition) is 0. The summed E-state index contributed by atoms with van der Waals surface area (Å²) in [4.78, 5) is 0. The van der Waals surface area contributed by atoms with Gasteiger partial charge >= 0.3 is 112 Å². The Morgan fingerprint density at radius 3 is 1.28 bits per heavy atom. The smallest absolute Gasteiger partial charge is 0.412 e. The topological polar surface area (TPSA) is 31.5 Å². The van der Waals surface area contributed by atoms with Gasteiger partial charge in [-0.3, -0.25) is 0 Å². The second-order valence-corrected chi connectivity index (χ2v) is 15.1. The quantitative estimate of drug-likeness (QED) is 0.746. The third kappa shape index (κ3) is 3.59. The van der Waals surface area contributed by atoms with Crippen LogP contribution in [0.3, 0.4) is 0 Å². The van der Waals surface area contributed by atoms with Gasteiger partial charge in [0, 0.05) is 0 Å². The van der Waals surface area contributed by atoms with Crippen LogP contribution in [0.5, 0.6) is 0 Å². The average molecular weight is 348 g/mol. The summed E-state index contributed by atoms with van der Waals surface area (Å²) in [5, 5.41) is 0. The van der Waals surface area contributed by atoms with E-state index in [1.807, 2.05) is 0 Å². The Morgan fingerprint density at radius 1 is 0.667 bits per heavy atom. The maximum Gasteiger partial charge on any atom is -0.412 e. The van der Waals surface area contributed by atoms with Crippen LogP contribution in [0.1, 0.15) is 20.8 Å². The zero-order valence-electron chi connectivity index (χ0n) is 11.3. The van der Waals surface area contributed by atoms with Gasteiger partial charge in [0.1, 0.15) is 0 Å². The van der Waals surface area contributed by atoms with E-state index >= 15 is 0 Å². The maximum absolute atomic E-state index is 2.39. The van der Waals surface area contributed by atoms with E-state index in [1.165, 1.54) is 0 Å². The van der Waals surface area contributed by atoms with Crippen molar-refractivity contribution in [3.8, 4) is 0 Å². The van der Waals surface area contributed by atoms with Crippen LogP contribution in [-0.2, 0) is 0 Å². The molecule has 0 atom stereocenters. The molecule has 1 radical (unpaired) electrons. The molecule has 1 nitrogen and oxygen atoms in total. The molecule has 0 amide bonds. The molecule has 0 aliphatic rings. The first kappa shape index (κ1) is 15.3. The molecule has 2 N–H and O–H groups in total. The van der Waals surface area contributed by atoms with Crippen molar-refractivity contribution in [2.24, 2.45) is 0 Å². The fourth-order valence-corrected chi connectivity index (χ4v) is 11.1. The minimum Gasteiger partial charge on any atom is -0.412 e. The predicted octanol–water partition coefficient (Wildman–Crippen LogP) is 2.27. The van der Waals surface area contributed by atoms with Crippen molar-refractivity contribution >= 4 is 26.9 Å². The molecular weight excluding hydrogens is 327 g/mol. The molecule has 2 aromatic rings. The Hall–Kier alpha value is -0.801. The van der Waals surface area contributed by atoms with Gasteiger partial charge in [0.25, 0.3) is 0 Å². The van der Waals surface area contributed by atoms with E-state index in [-0.39, 0.29) is 5.48 Å². The number of benzene rings is 2. The molecule has 0 bridgehead atoms. The van der Waals surface area contributed by atoms with Crippen LogP contribution >= 0.6 is 0 Å². The summed E-state index contributed by atoms with van der Waals surface area (Å²) in [6.07, 6.45) is 0. The van der Waals surface area contributed by atoms with Crippen molar-refractivity contribution in [1.29, 1.82) is 0 Å². The second-order valence-electron chi connectivity index (χ2n) is 5.36. The van der Waals surface area contributed by atoms with E-state index in [9.17, 15) is 0 Å². The average Bonchev–Trinajstić information content (AvgIpc) is 2.30. The molecule has 0 unspecified atom stereocenters. The summed E-state index contributed by atoms with van der Waals surface area (Å²) < 4.78 is 3.60. The number of hydrogen-bond donors (Lipinski definition) is 0. The van der Waals surface area contributed by atoms with Gasteiger partial charge in [-0.25, -0.2) is 0 Å². The molecule has 0 fully saturated rings. The van der Waals surface area contributed by atoms with Crippen molar-refractivity contribution in [1.82, 2.24) is 0 Å². The van der Waals surface area contributed by atoms with Crippen LogP contribution < -0.4 is 7.16 Å². The Morgan fingerprint density at radius 2 is 1.00 bits per heavy atom. The maximum atomic E-state index is 2.39.